The number of aromatic nitrogens is 2. The lowest BCUT2D eigenvalue weighted by Crippen LogP contribution is -2.40. The number of methoxy groups -OCH3 is 1. The lowest BCUT2D eigenvalue weighted by molar-refractivity contribution is 0.0601. The Kier molecular flexibility index (Phi) is 5.20. The van der Waals surface area contributed by atoms with Crippen LogP contribution in [-0.2, 0) is 4.74 Å². The number of nitrogens with zero attached hydrogens (tertiary/aromatic N) is 2. The van der Waals surface area contributed by atoms with Crippen LogP contribution in [-0.4, -0.2) is 28.6 Å². The number of carbonyl (C=O) groups excluding carboxylic acids is 1. The number of carbonyl (C=O) groups is 1. The van der Waals surface area contributed by atoms with Crippen molar-refractivity contribution in [3.05, 3.63) is 36.2 Å². The number of anilines is 4. The van der Waals surface area contributed by atoms with E-state index in [-0.39, 0.29) is 11.5 Å². The largest absolute Gasteiger partial charge is 0.465 e. The maximum absolute atomic E-state index is 11.4. The van der Waals surface area contributed by atoms with Gasteiger partial charge in [-0.2, -0.15) is 0 Å². The number of ether oxygens (including phenoxy) is 1. The van der Waals surface area contributed by atoms with Crippen LogP contribution in [0.25, 0.3) is 0 Å². The molecule has 2 aromatic rings. The van der Waals surface area contributed by atoms with Crippen molar-refractivity contribution in [2.45, 2.75) is 26.3 Å². The molecule has 5 N–H and O–H groups in total. The Morgan fingerprint density at radius 3 is 2.33 bits per heavy atom. The molecule has 0 radical (unpaired) electrons. The third-order valence-electron chi connectivity index (χ3n) is 3.01. The summed E-state index contributed by atoms with van der Waals surface area (Å²) in [7, 11) is 1.34. The van der Waals surface area contributed by atoms with Gasteiger partial charge in [0.2, 0.25) is 0 Å². The third-order valence-corrected chi connectivity index (χ3v) is 3.01. The van der Waals surface area contributed by atoms with E-state index in [4.69, 9.17) is 5.73 Å². The summed E-state index contributed by atoms with van der Waals surface area (Å²) in [5, 5.41) is 3.10. The molecule has 1 aromatic heterocycles. The van der Waals surface area contributed by atoms with Gasteiger partial charge in [-0.1, -0.05) is 0 Å². The van der Waals surface area contributed by atoms with Crippen LogP contribution in [0.3, 0.4) is 0 Å². The lowest BCUT2D eigenvalue weighted by atomic mass is 10.1. The van der Waals surface area contributed by atoms with Crippen molar-refractivity contribution in [3.8, 4) is 0 Å². The van der Waals surface area contributed by atoms with E-state index in [2.05, 4.69) is 30.9 Å². The SMILES string of the molecule is COC(=O)c1ccc(Nc2ncnc(NNC(C)(C)C)c2N)cc1. The van der Waals surface area contributed by atoms with Gasteiger partial charge in [-0.25, -0.2) is 20.2 Å². The molecule has 0 saturated carbocycles. The number of nitrogens with two attached hydrogens (primary N) is 1. The number of rotatable bonds is 5. The zero-order valence-corrected chi connectivity index (χ0v) is 14.2. The number of nitrogens with one attached hydrogen (secondary N) is 3. The fourth-order valence-corrected chi connectivity index (χ4v) is 1.79. The summed E-state index contributed by atoms with van der Waals surface area (Å²) in [5.41, 5.74) is 13.6. The molecule has 0 aliphatic carbocycles. The lowest BCUT2D eigenvalue weighted by Gasteiger charge is -2.22. The summed E-state index contributed by atoms with van der Waals surface area (Å²) in [6.07, 6.45) is 1.41. The molecule has 2 rings (SSSR count). The molecule has 24 heavy (non-hydrogen) atoms. The van der Waals surface area contributed by atoms with E-state index >= 15 is 0 Å². The van der Waals surface area contributed by atoms with Crippen molar-refractivity contribution in [2.75, 3.05) is 23.6 Å². The second kappa shape index (κ2) is 7.14. The molecular formula is C16H22N6O2. The molecule has 8 nitrogen and oxygen atoms in total. The minimum absolute atomic E-state index is 0.144. The molecule has 0 aliphatic rings. The van der Waals surface area contributed by atoms with Gasteiger partial charge >= 0.3 is 5.97 Å². The highest BCUT2D eigenvalue weighted by Gasteiger charge is 2.13. The van der Waals surface area contributed by atoms with Gasteiger partial charge in [0.25, 0.3) is 0 Å². The first kappa shape index (κ1) is 17.5. The molecule has 0 amide bonds. The number of nitrogen functional groups attached to an aromatic ring is 1. The first-order chi connectivity index (χ1) is 11.3. The molecule has 0 saturated heterocycles. The van der Waals surface area contributed by atoms with Crippen molar-refractivity contribution >= 4 is 29.0 Å². The zero-order chi connectivity index (χ0) is 17.7. The van der Waals surface area contributed by atoms with Crippen molar-refractivity contribution in [3.63, 3.8) is 0 Å². The summed E-state index contributed by atoms with van der Waals surface area (Å²) in [4.78, 5) is 19.7. The maximum Gasteiger partial charge on any atom is 0.337 e. The molecule has 1 aromatic carbocycles. The van der Waals surface area contributed by atoms with E-state index in [1.54, 1.807) is 24.3 Å². The number of esters is 1. The highest BCUT2D eigenvalue weighted by atomic mass is 16.5. The van der Waals surface area contributed by atoms with Gasteiger partial charge in [-0.15, -0.1) is 0 Å². The normalized spacial score (nSPS) is 11.0. The van der Waals surface area contributed by atoms with E-state index in [9.17, 15) is 4.79 Å². The predicted molar refractivity (Wildman–Crippen MR) is 94.0 cm³/mol. The summed E-state index contributed by atoms with van der Waals surface area (Å²) < 4.78 is 4.67. The molecule has 0 bridgehead atoms. The Morgan fingerprint density at radius 1 is 1.12 bits per heavy atom. The highest BCUT2D eigenvalue weighted by Crippen LogP contribution is 2.25. The minimum atomic E-state index is -0.386. The Labute approximate surface area is 140 Å². The van der Waals surface area contributed by atoms with Crippen LogP contribution >= 0.6 is 0 Å². The van der Waals surface area contributed by atoms with Crippen LogP contribution in [0.15, 0.2) is 30.6 Å². The number of benzene rings is 1. The summed E-state index contributed by atoms with van der Waals surface area (Å²) >= 11 is 0. The van der Waals surface area contributed by atoms with Gasteiger partial charge in [-0.05, 0) is 45.0 Å². The molecule has 0 atom stereocenters. The number of hydrogen-bond donors (Lipinski definition) is 4. The molecule has 0 spiro atoms. The fraction of sp³-hybridized carbons (Fsp3) is 0.312. The Morgan fingerprint density at radius 2 is 1.75 bits per heavy atom. The molecule has 128 valence electrons. The van der Waals surface area contributed by atoms with Crippen LogP contribution in [0.4, 0.5) is 23.0 Å². The molecule has 0 aliphatic heterocycles. The number of hydrogen-bond acceptors (Lipinski definition) is 8. The monoisotopic (exact) mass is 330 g/mol. The summed E-state index contributed by atoms with van der Waals surface area (Å²) in [6.45, 7) is 6.04. The van der Waals surface area contributed by atoms with Gasteiger partial charge in [0, 0.05) is 11.2 Å². The summed E-state index contributed by atoms with van der Waals surface area (Å²) in [5.74, 6) is 0.561. The van der Waals surface area contributed by atoms with Gasteiger partial charge in [0.05, 0.1) is 12.7 Å². The molecule has 0 fully saturated rings. The standard InChI is InChI=1S/C16H22N6O2/c1-16(2,3)22-21-14-12(17)13(18-9-19-14)20-11-7-5-10(6-8-11)15(23)24-4/h5-9,22H,17H2,1-4H3,(H2,18,19,20,21). The van der Waals surface area contributed by atoms with E-state index in [0.717, 1.165) is 5.69 Å². The van der Waals surface area contributed by atoms with E-state index < -0.39 is 0 Å². The smallest absolute Gasteiger partial charge is 0.337 e. The van der Waals surface area contributed by atoms with E-state index in [1.807, 2.05) is 20.8 Å². The minimum Gasteiger partial charge on any atom is -0.465 e. The topological polar surface area (TPSA) is 114 Å². The van der Waals surface area contributed by atoms with Crippen LogP contribution < -0.4 is 21.9 Å². The Bertz CT molecular complexity index is 709. The average molecular weight is 330 g/mol. The van der Waals surface area contributed by atoms with Crippen molar-refractivity contribution < 1.29 is 9.53 Å². The van der Waals surface area contributed by atoms with Crippen molar-refractivity contribution in [1.82, 2.24) is 15.4 Å². The molecule has 1 heterocycles. The third kappa shape index (κ3) is 4.56. The average Bonchev–Trinajstić information content (AvgIpc) is 2.55. The second-order valence-corrected chi connectivity index (χ2v) is 6.18. The maximum atomic E-state index is 11.4. The zero-order valence-electron chi connectivity index (χ0n) is 14.2. The fourth-order valence-electron chi connectivity index (χ4n) is 1.79. The van der Waals surface area contributed by atoms with Crippen LogP contribution in [0.2, 0.25) is 0 Å². The quantitative estimate of drug-likeness (QED) is 0.488. The Balaban J connectivity index is 2.13. The van der Waals surface area contributed by atoms with Crippen LogP contribution in [0.1, 0.15) is 31.1 Å². The molecule has 8 heteroatoms. The van der Waals surface area contributed by atoms with E-state index in [0.29, 0.717) is 22.9 Å². The highest BCUT2D eigenvalue weighted by molar-refractivity contribution is 5.90. The van der Waals surface area contributed by atoms with Crippen molar-refractivity contribution in [2.24, 2.45) is 0 Å². The number of hydrazine groups is 1. The molecular weight excluding hydrogens is 308 g/mol. The molecule has 0 unspecified atom stereocenters. The predicted octanol–water partition coefficient (Wildman–Crippen LogP) is 2.30. The van der Waals surface area contributed by atoms with Gasteiger partial charge in [-0.3, -0.25) is 0 Å². The van der Waals surface area contributed by atoms with Gasteiger partial charge in [0.1, 0.15) is 12.0 Å². The summed E-state index contributed by atoms with van der Waals surface area (Å²) in [6, 6.07) is 6.81. The van der Waals surface area contributed by atoms with Crippen LogP contribution in [0, 0.1) is 0 Å². The first-order valence-corrected chi connectivity index (χ1v) is 7.39. The van der Waals surface area contributed by atoms with Crippen LogP contribution in [0.5, 0.6) is 0 Å². The van der Waals surface area contributed by atoms with Crippen molar-refractivity contribution in [1.29, 1.82) is 0 Å². The van der Waals surface area contributed by atoms with E-state index in [1.165, 1.54) is 13.4 Å². The van der Waals surface area contributed by atoms with Gasteiger partial charge < -0.3 is 21.2 Å². The second-order valence-electron chi connectivity index (χ2n) is 6.18. The van der Waals surface area contributed by atoms with Gasteiger partial charge in [0.15, 0.2) is 11.6 Å². The Hall–Kier alpha value is -2.87. The first-order valence-electron chi connectivity index (χ1n) is 7.39.